The third-order valence-corrected chi connectivity index (χ3v) is 4.63. The fourth-order valence-corrected chi connectivity index (χ4v) is 3.66. The van der Waals surface area contributed by atoms with Gasteiger partial charge in [-0.25, -0.2) is 9.78 Å². The number of aryl methyl sites for hydroxylation is 3. The molecule has 0 spiro atoms. The Morgan fingerprint density at radius 1 is 1.26 bits per heavy atom. The van der Waals surface area contributed by atoms with Gasteiger partial charge in [-0.15, -0.1) is 11.3 Å². The van der Waals surface area contributed by atoms with Gasteiger partial charge in [0.15, 0.2) is 11.5 Å². The lowest BCUT2D eigenvalue weighted by Gasteiger charge is -2.14. The molecule has 0 fully saturated rings. The maximum Gasteiger partial charge on any atom is 0.319 e. The molecule has 1 aromatic carbocycles. The molecule has 0 saturated carbocycles. The molecular formula is C17H19N3O2S. The number of carbonyl (C=O) groups excluding carboxylic acids is 1. The first-order valence-corrected chi connectivity index (χ1v) is 8.25. The predicted octanol–water partition coefficient (Wildman–Crippen LogP) is 4.70. The van der Waals surface area contributed by atoms with E-state index in [0.29, 0.717) is 17.2 Å². The van der Waals surface area contributed by atoms with Gasteiger partial charge in [0, 0.05) is 22.4 Å². The largest absolute Gasteiger partial charge is 0.441 e. The van der Waals surface area contributed by atoms with Crippen LogP contribution in [0.3, 0.4) is 0 Å². The molecule has 0 radical (unpaired) electrons. The molecule has 0 aliphatic carbocycles. The summed E-state index contributed by atoms with van der Waals surface area (Å²) in [6, 6.07) is 7.25. The quantitative estimate of drug-likeness (QED) is 0.732. The van der Waals surface area contributed by atoms with Crippen LogP contribution in [0.25, 0.3) is 11.1 Å². The van der Waals surface area contributed by atoms with E-state index >= 15 is 0 Å². The van der Waals surface area contributed by atoms with Gasteiger partial charge in [-0.2, -0.15) is 0 Å². The SMILES string of the molecule is Cc1nc2cc(NC(=O)NC(C)c3cc(C)sc3C)ccc2o1. The number of hydrogen-bond acceptors (Lipinski definition) is 4. The molecule has 120 valence electrons. The van der Waals surface area contributed by atoms with Crippen molar-refractivity contribution >= 4 is 34.2 Å². The van der Waals surface area contributed by atoms with Crippen LogP contribution >= 0.6 is 11.3 Å². The van der Waals surface area contributed by atoms with E-state index in [0.717, 1.165) is 11.1 Å². The summed E-state index contributed by atoms with van der Waals surface area (Å²) in [5.41, 5.74) is 3.29. The first-order valence-electron chi connectivity index (χ1n) is 7.44. The van der Waals surface area contributed by atoms with Crippen LogP contribution in [0.2, 0.25) is 0 Å². The maximum absolute atomic E-state index is 12.2. The van der Waals surface area contributed by atoms with Crippen molar-refractivity contribution in [3.8, 4) is 0 Å². The highest BCUT2D eigenvalue weighted by Gasteiger charge is 2.14. The summed E-state index contributed by atoms with van der Waals surface area (Å²) >= 11 is 1.74. The zero-order valence-electron chi connectivity index (χ0n) is 13.6. The molecule has 0 bridgehead atoms. The summed E-state index contributed by atoms with van der Waals surface area (Å²) in [4.78, 5) is 18.9. The van der Waals surface area contributed by atoms with Crippen LogP contribution in [0, 0.1) is 20.8 Å². The zero-order valence-corrected chi connectivity index (χ0v) is 14.4. The lowest BCUT2D eigenvalue weighted by atomic mass is 10.1. The van der Waals surface area contributed by atoms with Crippen molar-refractivity contribution in [1.29, 1.82) is 0 Å². The Morgan fingerprint density at radius 3 is 2.74 bits per heavy atom. The topological polar surface area (TPSA) is 67.2 Å². The van der Waals surface area contributed by atoms with Gasteiger partial charge in [-0.3, -0.25) is 0 Å². The van der Waals surface area contributed by atoms with Gasteiger partial charge in [0.25, 0.3) is 0 Å². The van der Waals surface area contributed by atoms with Crippen LogP contribution in [0.4, 0.5) is 10.5 Å². The number of fused-ring (bicyclic) bond motifs is 1. The Labute approximate surface area is 138 Å². The molecule has 0 aliphatic heterocycles. The van der Waals surface area contributed by atoms with E-state index in [9.17, 15) is 4.79 Å². The minimum Gasteiger partial charge on any atom is -0.441 e. The summed E-state index contributed by atoms with van der Waals surface area (Å²) < 4.78 is 5.43. The summed E-state index contributed by atoms with van der Waals surface area (Å²) in [6.07, 6.45) is 0. The number of amides is 2. The number of oxazole rings is 1. The van der Waals surface area contributed by atoms with Crippen LogP contribution in [-0.2, 0) is 0 Å². The van der Waals surface area contributed by atoms with Crippen molar-refractivity contribution in [2.45, 2.75) is 33.7 Å². The number of nitrogens with zero attached hydrogens (tertiary/aromatic N) is 1. The standard InChI is InChI=1S/C17H19N3O2S/c1-9-7-14(11(3)23-9)10(2)18-17(21)20-13-5-6-16-15(8-13)19-12(4)22-16/h5-8,10H,1-4H3,(H2,18,20,21). The van der Waals surface area contributed by atoms with Gasteiger partial charge in [-0.1, -0.05) is 0 Å². The fraction of sp³-hybridized carbons (Fsp3) is 0.294. The van der Waals surface area contributed by atoms with Crippen molar-refractivity contribution in [3.63, 3.8) is 0 Å². The molecule has 6 heteroatoms. The molecule has 2 N–H and O–H groups in total. The number of carbonyl (C=O) groups is 1. The molecule has 23 heavy (non-hydrogen) atoms. The van der Waals surface area contributed by atoms with Crippen molar-refractivity contribution < 1.29 is 9.21 Å². The van der Waals surface area contributed by atoms with Crippen LogP contribution in [-0.4, -0.2) is 11.0 Å². The van der Waals surface area contributed by atoms with E-state index in [-0.39, 0.29) is 12.1 Å². The normalized spacial score (nSPS) is 12.3. The lowest BCUT2D eigenvalue weighted by Crippen LogP contribution is -2.31. The first kappa shape index (κ1) is 15.6. The molecule has 0 aliphatic rings. The monoisotopic (exact) mass is 329 g/mol. The van der Waals surface area contributed by atoms with Gasteiger partial charge < -0.3 is 15.1 Å². The minimum atomic E-state index is -0.236. The van der Waals surface area contributed by atoms with Crippen LogP contribution in [0.5, 0.6) is 0 Å². The molecule has 0 saturated heterocycles. The van der Waals surface area contributed by atoms with Crippen LogP contribution in [0.15, 0.2) is 28.7 Å². The molecule has 1 unspecified atom stereocenters. The van der Waals surface area contributed by atoms with E-state index in [4.69, 9.17) is 4.42 Å². The Balaban J connectivity index is 1.69. The number of aromatic nitrogens is 1. The predicted molar refractivity (Wildman–Crippen MR) is 93.1 cm³/mol. The van der Waals surface area contributed by atoms with E-state index in [2.05, 4.69) is 35.5 Å². The number of benzene rings is 1. The zero-order chi connectivity index (χ0) is 16.6. The Morgan fingerprint density at radius 2 is 2.04 bits per heavy atom. The van der Waals surface area contributed by atoms with Gasteiger partial charge in [0.1, 0.15) is 5.52 Å². The van der Waals surface area contributed by atoms with Crippen LogP contribution < -0.4 is 10.6 Å². The minimum absolute atomic E-state index is 0.0435. The second-order valence-corrected chi connectivity index (χ2v) is 7.06. The Hall–Kier alpha value is -2.34. The van der Waals surface area contributed by atoms with Crippen molar-refractivity contribution in [2.75, 3.05) is 5.32 Å². The second-order valence-electron chi connectivity index (χ2n) is 5.60. The average Bonchev–Trinajstić information content (AvgIpc) is 2.99. The molecule has 5 nitrogen and oxygen atoms in total. The maximum atomic E-state index is 12.2. The Kier molecular flexibility index (Phi) is 4.09. The second kappa shape index (κ2) is 6.04. The van der Waals surface area contributed by atoms with Gasteiger partial charge >= 0.3 is 6.03 Å². The summed E-state index contributed by atoms with van der Waals surface area (Å²) in [6.45, 7) is 7.93. The number of urea groups is 1. The number of hydrogen-bond donors (Lipinski definition) is 2. The molecule has 3 aromatic rings. The van der Waals surface area contributed by atoms with E-state index in [1.165, 1.54) is 9.75 Å². The Bertz CT molecular complexity index is 866. The number of anilines is 1. The third kappa shape index (κ3) is 3.37. The highest BCUT2D eigenvalue weighted by atomic mass is 32.1. The van der Waals surface area contributed by atoms with Gasteiger partial charge in [-0.05, 0) is 50.6 Å². The molecule has 2 aromatic heterocycles. The summed E-state index contributed by atoms with van der Waals surface area (Å²) in [5.74, 6) is 0.610. The summed E-state index contributed by atoms with van der Waals surface area (Å²) in [7, 11) is 0. The molecule has 3 rings (SSSR count). The van der Waals surface area contributed by atoms with Crippen molar-refractivity contribution in [1.82, 2.24) is 10.3 Å². The van der Waals surface area contributed by atoms with E-state index < -0.39 is 0 Å². The van der Waals surface area contributed by atoms with Gasteiger partial charge in [0.2, 0.25) is 0 Å². The number of nitrogens with one attached hydrogen (secondary N) is 2. The average molecular weight is 329 g/mol. The molecular weight excluding hydrogens is 310 g/mol. The highest BCUT2D eigenvalue weighted by Crippen LogP contribution is 2.26. The van der Waals surface area contributed by atoms with Crippen molar-refractivity contribution in [3.05, 3.63) is 45.5 Å². The molecule has 2 heterocycles. The third-order valence-electron chi connectivity index (χ3n) is 3.65. The fourth-order valence-electron chi connectivity index (χ4n) is 2.64. The highest BCUT2D eigenvalue weighted by molar-refractivity contribution is 7.12. The van der Waals surface area contributed by atoms with E-state index in [1.807, 2.05) is 6.92 Å². The van der Waals surface area contributed by atoms with E-state index in [1.54, 1.807) is 36.5 Å². The molecule has 2 amide bonds. The lowest BCUT2D eigenvalue weighted by molar-refractivity contribution is 0.249. The number of thiophene rings is 1. The van der Waals surface area contributed by atoms with Crippen LogP contribution in [0.1, 0.15) is 34.2 Å². The number of rotatable bonds is 3. The summed E-state index contributed by atoms with van der Waals surface area (Å²) in [5, 5.41) is 5.81. The first-order chi connectivity index (χ1) is 10.9. The molecule has 1 atom stereocenters. The van der Waals surface area contributed by atoms with Gasteiger partial charge in [0.05, 0.1) is 6.04 Å². The smallest absolute Gasteiger partial charge is 0.319 e. The van der Waals surface area contributed by atoms with Crippen molar-refractivity contribution in [2.24, 2.45) is 0 Å².